The second-order valence-electron chi connectivity index (χ2n) is 3.15. The summed E-state index contributed by atoms with van der Waals surface area (Å²) in [7, 11) is 0. The number of nitrogens with zero attached hydrogens (tertiary/aromatic N) is 1. The van der Waals surface area contributed by atoms with Crippen molar-refractivity contribution in [3.05, 3.63) is 53.5 Å². The molecule has 1 heterocycles. The molecule has 5 heteroatoms. The smallest absolute Gasteiger partial charge is 0.362 e. The van der Waals surface area contributed by atoms with Crippen molar-refractivity contribution >= 4 is 17.0 Å². The maximum absolute atomic E-state index is 11.5. The number of aromatic amines is 1. The summed E-state index contributed by atoms with van der Waals surface area (Å²) in [6.45, 7) is 7.89. The van der Waals surface area contributed by atoms with Crippen molar-refractivity contribution in [1.82, 2.24) is 9.97 Å². The number of para-hydroxylation sites is 2. The van der Waals surface area contributed by atoms with Gasteiger partial charge in [-0.1, -0.05) is 12.1 Å². The van der Waals surface area contributed by atoms with Gasteiger partial charge in [-0.3, -0.25) is 4.79 Å². The molecule has 0 atom stereocenters. The maximum Gasteiger partial charge on any atom is 0.362 e. The molecule has 0 aliphatic rings. The third-order valence-corrected chi connectivity index (χ3v) is 2.07. The predicted molar refractivity (Wildman–Crippen MR) is 69.6 cm³/mol. The van der Waals surface area contributed by atoms with E-state index in [2.05, 4.69) is 23.1 Å². The highest BCUT2D eigenvalue weighted by Crippen LogP contribution is 2.06. The van der Waals surface area contributed by atoms with E-state index in [1.165, 1.54) is 0 Å². The zero-order valence-corrected chi connectivity index (χ0v) is 10.1. The van der Waals surface area contributed by atoms with Crippen molar-refractivity contribution in [2.24, 2.45) is 0 Å². The topological polar surface area (TPSA) is 72.0 Å². The zero-order valence-electron chi connectivity index (χ0n) is 10.1. The number of rotatable bonds is 2. The molecule has 0 fully saturated rings. The summed E-state index contributed by atoms with van der Waals surface area (Å²) in [5.41, 5.74) is 0.420. The first-order chi connectivity index (χ1) is 8.72. The molecule has 0 radical (unpaired) electrons. The lowest BCUT2D eigenvalue weighted by Gasteiger charge is -2.01. The van der Waals surface area contributed by atoms with Gasteiger partial charge in [0, 0.05) is 0 Å². The highest BCUT2D eigenvalue weighted by molar-refractivity contribution is 5.89. The minimum Gasteiger partial charge on any atom is -0.461 e. The quantitative estimate of drug-likeness (QED) is 0.649. The van der Waals surface area contributed by atoms with Gasteiger partial charge in [-0.15, -0.1) is 13.2 Å². The number of fused-ring (bicyclic) bond motifs is 1. The zero-order chi connectivity index (χ0) is 13.5. The molecule has 0 aliphatic carbocycles. The van der Waals surface area contributed by atoms with Gasteiger partial charge in [-0.05, 0) is 19.1 Å². The van der Waals surface area contributed by atoms with Crippen LogP contribution in [0, 0.1) is 0 Å². The lowest BCUT2D eigenvalue weighted by atomic mass is 10.3. The van der Waals surface area contributed by atoms with Crippen molar-refractivity contribution < 1.29 is 9.53 Å². The molecule has 5 nitrogen and oxygen atoms in total. The first kappa shape index (κ1) is 13.6. The highest BCUT2D eigenvalue weighted by atomic mass is 16.5. The summed E-state index contributed by atoms with van der Waals surface area (Å²) in [5, 5.41) is 0. The molecular formula is C13H14N2O3. The fourth-order valence-corrected chi connectivity index (χ4v) is 1.37. The molecular weight excluding hydrogens is 232 g/mol. The third kappa shape index (κ3) is 2.82. The Morgan fingerprint density at radius 2 is 2.06 bits per heavy atom. The number of carbonyl (C=O) groups excluding carboxylic acids is 1. The van der Waals surface area contributed by atoms with Crippen LogP contribution in [-0.4, -0.2) is 22.5 Å². The number of H-pyrrole nitrogens is 1. The van der Waals surface area contributed by atoms with Crippen LogP contribution in [0.4, 0.5) is 0 Å². The molecule has 0 spiro atoms. The molecule has 2 rings (SSSR count). The average Bonchev–Trinajstić information content (AvgIpc) is 2.40. The van der Waals surface area contributed by atoms with Gasteiger partial charge < -0.3 is 9.72 Å². The molecule has 0 aliphatic heterocycles. The minimum atomic E-state index is -0.700. The fourth-order valence-electron chi connectivity index (χ4n) is 1.37. The first-order valence-electron chi connectivity index (χ1n) is 5.38. The third-order valence-electron chi connectivity index (χ3n) is 2.07. The van der Waals surface area contributed by atoms with Gasteiger partial charge in [0.15, 0.2) is 0 Å². The molecule has 1 N–H and O–H groups in total. The van der Waals surface area contributed by atoms with Crippen LogP contribution in [0.3, 0.4) is 0 Å². The van der Waals surface area contributed by atoms with Gasteiger partial charge in [0.1, 0.15) is 0 Å². The Balaban J connectivity index is 0.000000771. The summed E-state index contributed by atoms with van der Waals surface area (Å²) in [6.07, 6.45) is 0. The van der Waals surface area contributed by atoms with Gasteiger partial charge in [-0.25, -0.2) is 9.78 Å². The van der Waals surface area contributed by atoms with Crippen molar-refractivity contribution in [3.63, 3.8) is 0 Å². The summed E-state index contributed by atoms with van der Waals surface area (Å²) in [4.78, 5) is 29.5. The van der Waals surface area contributed by atoms with Gasteiger partial charge in [0.2, 0.25) is 5.69 Å². The summed E-state index contributed by atoms with van der Waals surface area (Å²) < 4.78 is 4.74. The molecule has 18 heavy (non-hydrogen) atoms. The van der Waals surface area contributed by atoms with E-state index in [9.17, 15) is 9.59 Å². The summed E-state index contributed by atoms with van der Waals surface area (Å²) in [6, 6.07) is 7.00. The normalized spacial score (nSPS) is 9.39. The largest absolute Gasteiger partial charge is 0.461 e. The van der Waals surface area contributed by atoms with Crippen molar-refractivity contribution in [1.29, 1.82) is 0 Å². The van der Waals surface area contributed by atoms with Crippen molar-refractivity contribution in [2.75, 3.05) is 6.61 Å². The molecule has 2 aromatic rings. The Hall–Kier alpha value is -2.43. The number of nitrogens with one attached hydrogen (secondary N) is 1. The second kappa shape index (κ2) is 6.34. The van der Waals surface area contributed by atoms with Gasteiger partial charge in [0.25, 0.3) is 5.56 Å². The van der Waals surface area contributed by atoms with E-state index < -0.39 is 11.5 Å². The monoisotopic (exact) mass is 246 g/mol. The summed E-state index contributed by atoms with van der Waals surface area (Å²) >= 11 is 0. The van der Waals surface area contributed by atoms with E-state index in [-0.39, 0.29) is 12.3 Å². The molecule has 0 bridgehead atoms. The number of ether oxygens (including phenoxy) is 1. The van der Waals surface area contributed by atoms with Crippen LogP contribution < -0.4 is 5.56 Å². The van der Waals surface area contributed by atoms with E-state index >= 15 is 0 Å². The van der Waals surface area contributed by atoms with E-state index in [0.29, 0.717) is 11.0 Å². The molecule has 0 saturated heterocycles. The lowest BCUT2D eigenvalue weighted by molar-refractivity contribution is 0.0517. The molecule has 94 valence electrons. The lowest BCUT2D eigenvalue weighted by Crippen LogP contribution is -2.21. The second-order valence-corrected chi connectivity index (χ2v) is 3.15. The Morgan fingerprint density at radius 1 is 1.39 bits per heavy atom. The van der Waals surface area contributed by atoms with Crippen LogP contribution >= 0.6 is 0 Å². The van der Waals surface area contributed by atoms with Crippen LogP contribution in [0.5, 0.6) is 0 Å². The van der Waals surface area contributed by atoms with E-state index in [4.69, 9.17) is 4.74 Å². The van der Waals surface area contributed by atoms with Gasteiger partial charge in [-0.2, -0.15) is 0 Å². The number of esters is 1. The van der Waals surface area contributed by atoms with Gasteiger partial charge >= 0.3 is 5.97 Å². The van der Waals surface area contributed by atoms with Crippen molar-refractivity contribution in [3.8, 4) is 0 Å². The van der Waals surface area contributed by atoms with Crippen LogP contribution in [0.15, 0.2) is 42.2 Å². The minimum absolute atomic E-state index is 0.208. The SMILES string of the molecule is C=C.CCOC(=O)c1nc2ccccc2[nH]c1=O. The molecule has 0 unspecified atom stereocenters. The molecule has 1 aromatic carbocycles. The Kier molecular flexibility index (Phi) is 4.80. The van der Waals surface area contributed by atoms with Crippen LogP contribution in [0.2, 0.25) is 0 Å². The Labute approximate surface area is 104 Å². The first-order valence-corrected chi connectivity index (χ1v) is 5.38. The van der Waals surface area contributed by atoms with Gasteiger partial charge in [0.05, 0.1) is 17.6 Å². The van der Waals surface area contributed by atoms with Crippen LogP contribution in [0.1, 0.15) is 17.4 Å². The Bertz CT molecular complexity index is 604. The predicted octanol–water partition coefficient (Wildman–Crippen LogP) is 1.90. The maximum atomic E-state index is 11.5. The van der Waals surface area contributed by atoms with Crippen molar-refractivity contribution in [2.45, 2.75) is 6.92 Å². The number of hydrogen-bond donors (Lipinski definition) is 1. The number of benzene rings is 1. The van der Waals surface area contributed by atoms with E-state index in [1.807, 2.05) is 0 Å². The standard InChI is InChI=1S/C11H10N2O3.C2H4/c1-2-16-11(15)9-10(14)13-8-6-4-3-5-7(8)12-9;1-2/h3-6H,2H2,1H3,(H,13,14);1-2H2. The highest BCUT2D eigenvalue weighted by Gasteiger charge is 2.14. The van der Waals surface area contributed by atoms with Crippen LogP contribution in [-0.2, 0) is 4.74 Å². The van der Waals surface area contributed by atoms with Crippen LogP contribution in [0.25, 0.3) is 11.0 Å². The molecule has 0 amide bonds. The summed E-state index contributed by atoms with van der Waals surface area (Å²) in [5.74, 6) is -0.700. The van der Waals surface area contributed by atoms with E-state index in [0.717, 1.165) is 0 Å². The fraction of sp³-hybridized carbons (Fsp3) is 0.154. The number of carbonyl (C=O) groups is 1. The molecule has 1 aromatic heterocycles. The average molecular weight is 246 g/mol. The van der Waals surface area contributed by atoms with E-state index in [1.54, 1.807) is 31.2 Å². The Morgan fingerprint density at radius 3 is 2.72 bits per heavy atom. The number of hydrogen-bond acceptors (Lipinski definition) is 4. The number of aromatic nitrogens is 2. The molecule has 0 saturated carbocycles.